The summed E-state index contributed by atoms with van der Waals surface area (Å²) in [5.74, 6) is 0. The Morgan fingerprint density at radius 1 is 1.41 bits per heavy atom. The normalized spacial score (nSPS) is 12.6. The first-order valence-corrected chi connectivity index (χ1v) is 7.42. The van der Waals surface area contributed by atoms with Crippen molar-refractivity contribution in [1.29, 1.82) is 0 Å². The van der Waals surface area contributed by atoms with Gasteiger partial charge in [0.2, 0.25) is 0 Å². The molecule has 1 nitrogen and oxygen atoms in total. The number of rotatable bonds is 4. The molecule has 0 amide bonds. The summed E-state index contributed by atoms with van der Waals surface area (Å²) < 4.78 is 1.17. The molecular weight excluding hydrogens is 318 g/mol. The van der Waals surface area contributed by atoms with Gasteiger partial charge in [-0.2, -0.15) is 0 Å². The van der Waals surface area contributed by atoms with Gasteiger partial charge < -0.3 is 5.32 Å². The molecule has 2 rings (SSSR count). The molecule has 0 saturated heterocycles. The van der Waals surface area contributed by atoms with E-state index in [0.29, 0.717) is 0 Å². The zero-order chi connectivity index (χ0) is 12.3. The topological polar surface area (TPSA) is 12.0 Å². The fourth-order valence-corrected chi connectivity index (χ4v) is 3.15. The Kier molecular flexibility index (Phi) is 4.62. The number of benzene rings is 1. The molecule has 0 aliphatic heterocycles. The Labute approximate surface area is 119 Å². The average molecular weight is 331 g/mol. The number of halogens is 2. The van der Waals surface area contributed by atoms with Gasteiger partial charge in [0.1, 0.15) is 0 Å². The number of thiophene rings is 1. The maximum atomic E-state index is 6.16. The van der Waals surface area contributed by atoms with Gasteiger partial charge in [-0.1, -0.05) is 29.8 Å². The third-order valence-corrected chi connectivity index (χ3v) is 4.50. The lowest BCUT2D eigenvalue weighted by Crippen LogP contribution is -2.17. The molecule has 4 heteroatoms. The largest absolute Gasteiger partial charge is 0.306 e. The molecule has 1 heterocycles. The van der Waals surface area contributed by atoms with E-state index >= 15 is 0 Å². The summed E-state index contributed by atoms with van der Waals surface area (Å²) in [5.41, 5.74) is 2.43. The summed E-state index contributed by atoms with van der Waals surface area (Å²) in [4.78, 5) is 0. The van der Waals surface area contributed by atoms with Gasteiger partial charge in [0.25, 0.3) is 0 Å². The van der Waals surface area contributed by atoms with Crippen LogP contribution in [-0.2, 0) is 6.54 Å². The van der Waals surface area contributed by atoms with Gasteiger partial charge in [-0.25, -0.2) is 0 Å². The molecule has 0 unspecified atom stereocenters. The van der Waals surface area contributed by atoms with Gasteiger partial charge >= 0.3 is 0 Å². The fourth-order valence-electron chi connectivity index (χ4n) is 1.65. The average Bonchev–Trinajstić information content (AvgIpc) is 2.73. The minimum Gasteiger partial charge on any atom is -0.306 e. The van der Waals surface area contributed by atoms with E-state index < -0.39 is 0 Å². The minimum atomic E-state index is 0.252. The summed E-state index contributed by atoms with van der Waals surface area (Å²) >= 11 is 11.3. The molecule has 1 aromatic heterocycles. The molecule has 1 aromatic carbocycles. The number of nitrogens with one attached hydrogen (secondary N) is 1. The smallest absolute Gasteiger partial charge is 0.0701 e. The molecule has 0 fully saturated rings. The van der Waals surface area contributed by atoms with Gasteiger partial charge in [0.05, 0.1) is 3.79 Å². The van der Waals surface area contributed by atoms with Gasteiger partial charge in [0.15, 0.2) is 0 Å². The Morgan fingerprint density at radius 2 is 2.18 bits per heavy atom. The molecule has 1 atom stereocenters. The minimum absolute atomic E-state index is 0.252. The first-order chi connectivity index (χ1) is 8.16. The zero-order valence-electron chi connectivity index (χ0n) is 9.41. The van der Waals surface area contributed by atoms with Gasteiger partial charge in [-0.15, -0.1) is 11.3 Å². The van der Waals surface area contributed by atoms with Crippen molar-refractivity contribution in [2.45, 2.75) is 19.5 Å². The molecule has 90 valence electrons. The Bertz CT molecular complexity index is 498. The van der Waals surface area contributed by atoms with E-state index in [0.717, 1.165) is 17.1 Å². The third-order valence-electron chi connectivity index (χ3n) is 2.61. The highest BCUT2D eigenvalue weighted by molar-refractivity contribution is 9.11. The molecule has 0 radical (unpaired) electrons. The summed E-state index contributed by atoms with van der Waals surface area (Å²) in [5, 5.41) is 6.44. The van der Waals surface area contributed by atoms with Crippen molar-refractivity contribution in [3.63, 3.8) is 0 Å². The SMILES string of the molecule is C[C@H](NCc1csc(Br)c1)c1ccccc1Cl. The predicted molar refractivity (Wildman–Crippen MR) is 78.7 cm³/mol. The zero-order valence-corrected chi connectivity index (χ0v) is 12.6. The van der Waals surface area contributed by atoms with Crippen LogP contribution < -0.4 is 5.32 Å². The van der Waals surface area contributed by atoms with Crippen molar-refractivity contribution < 1.29 is 0 Å². The van der Waals surface area contributed by atoms with Crippen LogP contribution in [0.4, 0.5) is 0 Å². The molecule has 0 spiro atoms. The van der Waals surface area contributed by atoms with E-state index in [1.54, 1.807) is 11.3 Å². The molecular formula is C13H13BrClNS. The van der Waals surface area contributed by atoms with E-state index in [2.05, 4.69) is 45.7 Å². The Morgan fingerprint density at radius 3 is 2.82 bits per heavy atom. The second-order valence-corrected chi connectivity index (χ2v) is 6.58. The maximum Gasteiger partial charge on any atom is 0.0701 e. The third kappa shape index (κ3) is 3.55. The Balaban J connectivity index is 1.98. The highest BCUT2D eigenvalue weighted by atomic mass is 79.9. The Hall–Kier alpha value is -0.350. The van der Waals surface area contributed by atoms with Crippen LogP contribution >= 0.6 is 38.9 Å². The lowest BCUT2D eigenvalue weighted by atomic mass is 10.1. The standard InChI is InChI=1S/C13H13BrClNS/c1-9(11-4-2-3-5-12(11)15)16-7-10-6-13(14)17-8-10/h2-6,8-9,16H,7H2,1H3/t9-/m0/s1. The molecule has 1 N–H and O–H groups in total. The van der Waals surface area contributed by atoms with Crippen molar-refractivity contribution in [2.75, 3.05) is 0 Å². The van der Waals surface area contributed by atoms with E-state index in [-0.39, 0.29) is 6.04 Å². The van der Waals surface area contributed by atoms with Crippen LogP contribution in [0.5, 0.6) is 0 Å². The van der Waals surface area contributed by atoms with E-state index in [1.807, 2.05) is 18.2 Å². The van der Waals surface area contributed by atoms with Crippen LogP contribution in [0.25, 0.3) is 0 Å². The molecule has 0 saturated carbocycles. The molecule has 17 heavy (non-hydrogen) atoms. The molecule has 0 bridgehead atoms. The van der Waals surface area contributed by atoms with Crippen molar-refractivity contribution in [3.8, 4) is 0 Å². The van der Waals surface area contributed by atoms with Crippen LogP contribution in [0.1, 0.15) is 24.1 Å². The van der Waals surface area contributed by atoms with Crippen LogP contribution in [0.15, 0.2) is 39.5 Å². The monoisotopic (exact) mass is 329 g/mol. The van der Waals surface area contributed by atoms with Gasteiger partial charge in [-0.3, -0.25) is 0 Å². The second-order valence-electron chi connectivity index (χ2n) is 3.88. The van der Waals surface area contributed by atoms with E-state index in [4.69, 9.17) is 11.6 Å². The summed E-state index contributed by atoms with van der Waals surface area (Å²) in [6, 6.07) is 10.3. The van der Waals surface area contributed by atoms with Crippen molar-refractivity contribution >= 4 is 38.9 Å². The van der Waals surface area contributed by atoms with Gasteiger partial charge in [0, 0.05) is 17.6 Å². The van der Waals surface area contributed by atoms with Crippen LogP contribution in [0.3, 0.4) is 0 Å². The quantitative estimate of drug-likeness (QED) is 0.830. The summed E-state index contributed by atoms with van der Waals surface area (Å²) in [6.07, 6.45) is 0. The number of hydrogen-bond donors (Lipinski definition) is 1. The fraction of sp³-hybridized carbons (Fsp3) is 0.231. The molecule has 0 aliphatic rings. The predicted octanol–water partition coefficient (Wildman–Crippen LogP) is 5.01. The van der Waals surface area contributed by atoms with E-state index in [9.17, 15) is 0 Å². The van der Waals surface area contributed by atoms with Crippen LogP contribution in [0, 0.1) is 0 Å². The molecule has 2 aromatic rings. The summed E-state index contributed by atoms with van der Waals surface area (Å²) in [7, 11) is 0. The maximum absolute atomic E-state index is 6.16. The van der Waals surface area contributed by atoms with Crippen molar-refractivity contribution in [1.82, 2.24) is 5.32 Å². The lowest BCUT2D eigenvalue weighted by Gasteiger charge is -2.15. The van der Waals surface area contributed by atoms with Crippen molar-refractivity contribution in [3.05, 3.63) is 55.6 Å². The lowest BCUT2D eigenvalue weighted by molar-refractivity contribution is 0.575. The van der Waals surface area contributed by atoms with Crippen molar-refractivity contribution in [2.24, 2.45) is 0 Å². The molecule has 0 aliphatic carbocycles. The highest BCUT2D eigenvalue weighted by Crippen LogP contribution is 2.24. The van der Waals surface area contributed by atoms with Crippen LogP contribution in [-0.4, -0.2) is 0 Å². The number of hydrogen-bond acceptors (Lipinski definition) is 2. The van der Waals surface area contributed by atoms with Gasteiger partial charge in [-0.05, 0) is 51.5 Å². The first-order valence-electron chi connectivity index (χ1n) is 5.37. The summed E-state index contributed by atoms with van der Waals surface area (Å²) in [6.45, 7) is 2.98. The second kappa shape index (κ2) is 6.01. The highest BCUT2D eigenvalue weighted by Gasteiger charge is 2.08. The van der Waals surface area contributed by atoms with Crippen LogP contribution in [0.2, 0.25) is 5.02 Å². The first kappa shape index (κ1) is 13.1. The van der Waals surface area contributed by atoms with E-state index in [1.165, 1.54) is 9.35 Å².